The van der Waals surface area contributed by atoms with E-state index >= 15 is 0 Å². The van der Waals surface area contributed by atoms with Crippen molar-refractivity contribution in [1.82, 2.24) is 0 Å². The third kappa shape index (κ3) is 21.4. The number of rotatable bonds is 22. The summed E-state index contributed by atoms with van der Waals surface area (Å²) in [7, 11) is 1.39. The van der Waals surface area contributed by atoms with Crippen LogP contribution in [0.15, 0.2) is 0 Å². The van der Waals surface area contributed by atoms with Crippen molar-refractivity contribution in [3.63, 3.8) is 0 Å². The molecule has 0 aromatic heterocycles. The quantitative estimate of drug-likeness (QED) is 0.138. The Bertz CT molecular complexity index is 352. The number of methoxy groups -OCH3 is 1. The van der Waals surface area contributed by atoms with Crippen LogP contribution in [0.4, 0.5) is 0 Å². The Kier molecular flexibility index (Phi) is 21.7. The fourth-order valence-corrected chi connectivity index (χ4v) is 3.70. The minimum absolute atomic E-state index is 0.217. The Labute approximate surface area is 175 Å². The zero-order valence-corrected chi connectivity index (χ0v) is 19.1. The van der Waals surface area contributed by atoms with Gasteiger partial charge in [-0.1, -0.05) is 110 Å². The number of carbonyl (C=O) groups is 2. The molecule has 0 aromatic carbocycles. The van der Waals surface area contributed by atoms with Gasteiger partial charge in [0.25, 0.3) is 0 Å². The number of hydrogen-bond donors (Lipinski definition) is 0. The second-order valence-corrected chi connectivity index (χ2v) is 8.38. The summed E-state index contributed by atoms with van der Waals surface area (Å²) < 4.78 is 4.58. The lowest BCUT2D eigenvalue weighted by Gasteiger charge is -2.04. The normalized spacial score (nSPS) is 10.9. The summed E-state index contributed by atoms with van der Waals surface area (Å²) in [6.07, 6.45) is 25.3. The zero-order chi connectivity index (χ0) is 20.7. The molecule has 0 aliphatic carbocycles. The van der Waals surface area contributed by atoms with E-state index in [9.17, 15) is 9.59 Å². The molecule has 0 aromatic rings. The lowest BCUT2D eigenvalue weighted by atomic mass is 10.0. The molecule has 0 heterocycles. The maximum atomic E-state index is 11.7. The topological polar surface area (TPSA) is 43.4 Å². The highest BCUT2D eigenvalue weighted by Gasteiger charge is 2.05. The Morgan fingerprint density at radius 1 is 0.500 bits per heavy atom. The highest BCUT2D eigenvalue weighted by molar-refractivity contribution is 5.79. The molecule has 0 rings (SSSR count). The van der Waals surface area contributed by atoms with E-state index in [4.69, 9.17) is 0 Å². The summed E-state index contributed by atoms with van der Waals surface area (Å²) in [6.45, 7) is 2.28. The van der Waals surface area contributed by atoms with Crippen molar-refractivity contribution in [3.05, 3.63) is 0 Å². The van der Waals surface area contributed by atoms with Crippen LogP contribution in [-0.4, -0.2) is 18.9 Å². The standard InChI is InChI=1S/C25H48O3/c1-3-4-5-6-7-8-9-10-11-12-13-14-15-16-17-18-19-21-24(26)22-20-23-25(27)28-2/h3-23H2,1-2H3. The first-order valence-electron chi connectivity index (χ1n) is 12.3. The van der Waals surface area contributed by atoms with Crippen molar-refractivity contribution in [2.45, 2.75) is 142 Å². The predicted octanol–water partition coefficient (Wildman–Crippen LogP) is 7.94. The van der Waals surface area contributed by atoms with E-state index in [1.807, 2.05) is 0 Å². The average Bonchev–Trinajstić information content (AvgIpc) is 2.70. The molecule has 3 nitrogen and oxygen atoms in total. The summed E-state index contributed by atoms with van der Waals surface area (Å²) in [6, 6.07) is 0. The molecule has 0 bridgehead atoms. The molecular weight excluding hydrogens is 348 g/mol. The third-order valence-electron chi connectivity index (χ3n) is 5.62. The van der Waals surface area contributed by atoms with Gasteiger partial charge in [0.1, 0.15) is 5.78 Å². The first kappa shape index (κ1) is 27.1. The van der Waals surface area contributed by atoms with Gasteiger partial charge in [-0.3, -0.25) is 9.59 Å². The van der Waals surface area contributed by atoms with Gasteiger partial charge in [0, 0.05) is 19.3 Å². The molecule has 0 saturated heterocycles. The van der Waals surface area contributed by atoms with Crippen LogP contribution in [0.25, 0.3) is 0 Å². The molecule has 0 saturated carbocycles. The van der Waals surface area contributed by atoms with Gasteiger partial charge in [-0.15, -0.1) is 0 Å². The molecule has 28 heavy (non-hydrogen) atoms. The zero-order valence-electron chi connectivity index (χ0n) is 19.1. The van der Waals surface area contributed by atoms with Crippen LogP contribution in [0.1, 0.15) is 142 Å². The van der Waals surface area contributed by atoms with E-state index in [0.717, 1.165) is 6.42 Å². The van der Waals surface area contributed by atoms with Crippen LogP contribution < -0.4 is 0 Å². The Hall–Kier alpha value is -0.860. The molecule has 0 aliphatic heterocycles. The minimum Gasteiger partial charge on any atom is -0.469 e. The van der Waals surface area contributed by atoms with Gasteiger partial charge in [-0.2, -0.15) is 0 Å². The molecular formula is C25H48O3. The molecule has 166 valence electrons. The highest BCUT2D eigenvalue weighted by Crippen LogP contribution is 2.14. The third-order valence-corrected chi connectivity index (χ3v) is 5.62. The maximum absolute atomic E-state index is 11.7. The molecule has 0 amide bonds. The van der Waals surface area contributed by atoms with Gasteiger partial charge in [0.15, 0.2) is 0 Å². The average molecular weight is 397 g/mol. The van der Waals surface area contributed by atoms with E-state index in [1.54, 1.807) is 0 Å². The van der Waals surface area contributed by atoms with Crippen LogP contribution in [-0.2, 0) is 14.3 Å². The van der Waals surface area contributed by atoms with Gasteiger partial charge in [0.2, 0.25) is 0 Å². The fourth-order valence-electron chi connectivity index (χ4n) is 3.70. The number of carbonyl (C=O) groups excluding carboxylic acids is 2. The van der Waals surface area contributed by atoms with Crippen molar-refractivity contribution in [2.24, 2.45) is 0 Å². The minimum atomic E-state index is -0.217. The van der Waals surface area contributed by atoms with E-state index in [1.165, 1.54) is 110 Å². The first-order valence-corrected chi connectivity index (χ1v) is 12.3. The highest BCUT2D eigenvalue weighted by atomic mass is 16.5. The van der Waals surface area contributed by atoms with Crippen molar-refractivity contribution in [2.75, 3.05) is 7.11 Å². The van der Waals surface area contributed by atoms with E-state index in [2.05, 4.69) is 11.7 Å². The number of esters is 1. The Balaban J connectivity index is 3.13. The SMILES string of the molecule is CCCCCCCCCCCCCCCCCCCC(=O)CCCC(=O)OC. The van der Waals surface area contributed by atoms with Crippen molar-refractivity contribution in [3.8, 4) is 0 Å². The van der Waals surface area contributed by atoms with Gasteiger partial charge >= 0.3 is 5.97 Å². The number of unbranched alkanes of at least 4 members (excludes halogenated alkanes) is 16. The van der Waals surface area contributed by atoms with E-state index in [0.29, 0.717) is 31.5 Å². The molecule has 3 heteroatoms. The van der Waals surface area contributed by atoms with Gasteiger partial charge in [-0.05, 0) is 12.8 Å². The molecule has 0 spiro atoms. The fraction of sp³-hybridized carbons (Fsp3) is 0.920. The number of hydrogen-bond acceptors (Lipinski definition) is 3. The van der Waals surface area contributed by atoms with Gasteiger partial charge < -0.3 is 4.74 Å². The lowest BCUT2D eigenvalue weighted by molar-refractivity contribution is -0.140. The van der Waals surface area contributed by atoms with Crippen molar-refractivity contribution < 1.29 is 14.3 Å². The maximum Gasteiger partial charge on any atom is 0.305 e. The largest absolute Gasteiger partial charge is 0.469 e. The molecule has 0 unspecified atom stereocenters. The summed E-state index contributed by atoms with van der Waals surface area (Å²) in [5.41, 5.74) is 0. The van der Waals surface area contributed by atoms with Crippen molar-refractivity contribution in [1.29, 1.82) is 0 Å². The Morgan fingerprint density at radius 2 is 0.857 bits per heavy atom. The summed E-state index contributed by atoms with van der Waals surface area (Å²) in [4.78, 5) is 22.7. The van der Waals surface area contributed by atoms with Crippen LogP contribution in [0.2, 0.25) is 0 Å². The second-order valence-electron chi connectivity index (χ2n) is 8.38. The number of Topliss-reactive ketones (excluding diaryl/α,β-unsaturated/α-hetero) is 1. The number of ether oxygens (including phenoxy) is 1. The molecule has 0 fully saturated rings. The summed E-state index contributed by atoms with van der Waals surface area (Å²) >= 11 is 0. The lowest BCUT2D eigenvalue weighted by Crippen LogP contribution is -2.03. The van der Waals surface area contributed by atoms with Crippen LogP contribution in [0, 0.1) is 0 Å². The Morgan fingerprint density at radius 3 is 1.25 bits per heavy atom. The van der Waals surface area contributed by atoms with E-state index in [-0.39, 0.29) is 5.97 Å². The van der Waals surface area contributed by atoms with Crippen molar-refractivity contribution >= 4 is 11.8 Å². The monoisotopic (exact) mass is 396 g/mol. The molecule has 0 aliphatic rings. The second kappa shape index (κ2) is 22.4. The van der Waals surface area contributed by atoms with Gasteiger partial charge in [-0.25, -0.2) is 0 Å². The molecule has 0 N–H and O–H groups in total. The smallest absolute Gasteiger partial charge is 0.305 e. The van der Waals surface area contributed by atoms with Crippen LogP contribution in [0.3, 0.4) is 0 Å². The summed E-state index contributed by atoms with van der Waals surface area (Å²) in [5.74, 6) is 0.0791. The van der Waals surface area contributed by atoms with E-state index < -0.39 is 0 Å². The molecule has 0 atom stereocenters. The summed E-state index contributed by atoms with van der Waals surface area (Å²) in [5, 5.41) is 0. The first-order chi connectivity index (χ1) is 13.7. The predicted molar refractivity (Wildman–Crippen MR) is 120 cm³/mol. The number of ketones is 1. The molecule has 0 radical (unpaired) electrons. The van der Waals surface area contributed by atoms with Crippen LogP contribution >= 0.6 is 0 Å². The van der Waals surface area contributed by atoms with Gasteiger partial charge in [0.05, 0.1) is 7.11 Å². The van der Waals surface area contributed by atoms with Crippen LogP contribution in [0.5, 0.6) is 0 Å².